The molecule has 124 valence electrons. The molecule has 0 aliphatic carbocycles. The molecule has 5 heteroatoms. The maximum Gasteiger partial charge on any atom is 0.250 e. The van der Waals surface area contributed by atoms with Crippen molar-refractivity contribution in [3.63, 3.8) is 0 Å². The van der Waals surface area contributed by atoms with Crippen LogP contribution >= 0.6 is 0 Å². The Hall–Kier alpha value is -2.40. The summed E-state index contributed by atoms with van der Waals surface area (Å²) in [4.78, 5) is 14.6. The van der Waals surface area contributed by atoms with Crippen LogP contribution in [-0.2, 0) is 21.1 Å². The van der Waals surface area contributed by atoms with Crippen molar-refractivity contribution < 1.29 is 13.2 Å². The first-order valence-corrected chi connectivity index (χ1v) is 9.72. The molecule has 0 radical (unpaired) electrons. The number of carbonyl (C=O) groups is 1. The summed E-state index contributed by atoms with van der Waals surface area (Å²) in [6, 6.07) is 14.6. The molecule has 1 aliphatic heterocycles. The molecule has 0 atom stereocenters. The SMILES string of the molecule is CS(=O)(=O)c1ccc2c(c1)CCCN2C(=O)/C=C/c1ccccc1. The molecular weight excluding hydrogens is 322 g/mol. The number of anilines is 1. The highest BCUT2D eigenvalue weighted by molar-refractivity contribution is 7.90. The molecule has 0 bridgehead atoms. The van der Waals surface area contributed by atoms with Crippen LogP contribution in [0.2, 0.25) is 0 Å². The van der Waals surface area contributed by atoms with Gasteiger partial charge in [-0.25, -0.2) is 8.42 Å². The van der Waals surface area contributed by atoms with Gasteiger partial charge in [-0.05, 0) is 48.2 Å². The van der Waals surface area contributed by atoms with E-state index in [0.717, 1.165) is 29.7 Å². The smallest absolute Gasteiger partial charge is 0.250 e. The van der Waals surface area contributed by atoms with Crippen LogP contribution in [0.3, 0.4) is 0 Å². The molecule has 24 heavy (non-hydrogen) atoms. The fraction of sp³-hybridized carbons (Fsp3) is 0.211. The van der Waals surface area contributed by atoms with Gasteiger partial charge in [0.15, 0.2) is 9.84 Å². The van der Waals surface area contributed by atoms with E-state index < -0.39 is 9.84 Å². The second-order valence-corrected chi connectivity index (χ2v) is 7.92. The summed E-state index contributed by atoms with van der Waals surface area (Å²) in [6.45, 7) is 0.642. The third kappa shape index (κ3) is 3.57. The second-order valence-electron chi connectivity index (χ2n) is 5.90. The number of rotatable bonds is 3. The van der Waals surface area contributed by atoms with Gasteiger partial charge < -0.3 is 4.90 Å². The van der Waals surface area contributed by atoms with Crippen molar-refractivity contribution in [1.82, 2.24) is 0 Å². The maximum absolute atomic E-state index is 12.5. The molecule has 1 heterocycles. The molecule has 0 saturated heterocycles. The van der Waals surface area contributed by atoms with E-state index in [1.165, 1.54) is 6.26 Å². The van der Waals surface area contributed by atoms with Crippen LogP contribution in [0.5, 0.6) is 0 Å². The minimum atomic E-state index is -3.24. The normalized spacial score (nSPS) is 14.6. The van der Waals surface area contributed by atoms with E-state index in [1.54, 1.807) is 35.3 Å². The lowest BCUT2D eigenvalue weighted by atomic mass is 10.0. The molecule has 3 rings (SSSR count). The summed E-state index contributed by atoms with van der Waals surface area (Å²) in [7, 11) is -3.24. The van der Waals surface area contributed by atoms with Crippen LogP contribution in [0, 0.1) is 0 Å². The van der Waals surface area contributed by atoms with E-state index in [4.69, 9.17) is 0 Å². The van der Waals surface area contributed by atoms with Gasteiger partial charge in [0.2, 0.25) is 0 Å². The predicted octanol–water partition coefficient (Wildman–Crippen LogP) is 3.08. The predicted molar refractivity (Wildman–Crippen MR) is 95.7 cm³/mol. The molecule has 2 aromatic rings. The van der Waals surface area contributed by atoms with E-state index in [0.29, 0.717) is 11.4 Å². The largest absolute Gasteiger partial charge is 0.309 e. The monoisotopic (exact) mass is 341 g/mol. The van der Waals surface area contributed by atoms with E-state index in [-0.39, 0.29) is 5.91 Å². The Morgan fingerprint density at radius 3 is 2.58 bits per heavy atom. The Bertz CT molecular complexity index is 886. The fourth-order valence-electron chi connectivity index (χ4n) is 2.85. The highest BCUT2D eigenvalue weighted by Crippen LogP contribution is 2.29. The molecule has 1 aliphatic rings. The molecule has 0 saturated carbocycles. The Labute approximate surface area is 142 Å². The highest BCUT2D eigenvalue weighted by Gasteiger charge is 2.22. The lowest BCUT2D eigenvalue weighted by Gasteiger charge is -2.29. The number of carbonyl (C=O) groups excluding carboxylic acids is 1. The Kier molecular flexibility index (Phi) is 4.53. The first-order chi connectivity index (χ1) is 11.4. The van der Waals surface area contributed by atoms with Gasteiger partial charge in [0, 0.05) is 24.6 Å². The first kappa shape index (κ1) is 16.5. The summed E-state index contributed by atoms with van der Waals surface area (Å²) in [6.07, 6.45) is 6.16. The number of hydrogen-bond acceptors (Lipinski definition) is 3. The molecule has 1 amide bonds. The molecule has 0 unspecified atom stereocenters. The van der Waals surface area contributed by atoms with E-state index in [9.17, 15) is 13.2 Å². The topological polar surface area (TPSA) is 54.5 Å². The summed E-state index contributed by atoms with van der Waals surface area (Å²) in [5.74, 6) is -0.0908. The van der Waals surface area contributed by atoms with Gasteiger partial charge in [0.25, 0.3) is 5.91 Å². The van der Waals surface area contributed by atoms with Crippen LogP contribution in [0.4, 0.5) is 5.69 Å². The van der Waals surface area contributed by atoms with Crippen molar-refractivity contribution in [3.8, 4) is 0 Å². The van der Waals surface area contributed by atoms with Gasteiger partial charge >= 0.3 is 0 Å². The van der Waals surface area contributed by atoms with Gasteiger partial charge in [-0.2, -0.15) is 0 Å². The zero-order valence-corrected chi connectivity index (χ0v) is 14.3. The Balaban J connectivity index is 1.87. The number of sulfone groups is 1. The van der Waals surface area contributed by atoms with Crippen LogP contribution in [0.15, 0.2) is 59.5 Å². The molecule has 0 aromatic heterocycles. The third-order valence-electron chi connectivity index (χ3n) is 4.08. The van der Waals surface area contributed by atoms with Gasteiger partial charge in [0.1, 0.15) is 0 Å². The molecule has 0 spiro atoms. The van der Waals surface area contributed by atoms with E-state index in [2.05, 4.69) is 0 Å². The average molecular weight is 341 g/mol. The zero-order valence-electron chi connectivity index (χ0n) is 13.5. The highest BCUT2D eigenvalue weighted by atomic mass is 32.2. The lowest BCUT2D eigenvalue weighted by Crippen LogP contribution is -2.34. The van der Waals surface area contributed by atoms with Crippen molar-refractivity contribution in [3.05, 3.63) is 65.7 Å². The number of aryl methyl sites for hydroxylation is 1. The van der Waals surface area contributed by atoms with Crippen molar-refractivity contribution in [2.45, 2.75) is 17.7 Å². The van der Waals surface area contributed by atoms with Crippen LogP contribution < -0.4 is 4.90 Å². The van der Waals surface area contributed by atoms with Gasteiger partial charge in [-0.15, -0.1) is 0 Å². The molecule has 0 fully saturated rings. The average Bonchev–Trinajstić information content (AvgIpc) is 2.58. The first-order valence-electron chi connectivity index (χ1n) is 7.83. The molecule has 4 nitrogen and oxygen atoms in total. The quantitative estimate of drug-likeness (QED) is 0.806. The fourth-order valence-corrected chi connectivity index (χ4v) is 3.53. The Morgan fingerprint density at radius 2 is 1.88 bits per heavy atom. The van der Waals surface area contributed by atoms with Gasteiger partial charge in [-0.1, -0.05) is 30.3 Å². The lowest BCUT2D eigenvalue weighted by molar-refractivity contribution is -0.114. The maximum atomic E-state index is 12.5. The second kappa shape index (κ2) is 6.61. The number of amides is 1. The number of hydrogen-bond donors (Lipinski definition) is 0. The van der Waals surface area contributed by atoms with E-state index >= 15 is 0 Å². The van der Waals surface area contributed by atoms with Crippen molar-refractivity contribution in [2.75, 3.05) is 17.7 Å². The van der Waals surface area contributed by atoms with Crippen molar-refractivity contribution in [2.24, 2.45) is 0 Å². The summed E-state index contributed by atoms with van der Waals surface area (Å²) in [5.41, 5.74) is 2.68. The van der Waals surface area contributed by atoms with Crippen molar-refractivity contribution in [1.29, 1.82) is 0 Å². The van der Waals surface area contributed by atoms with Crippen molar-refractivity contribution >= 4 is 27.5 Å². The van der Waals surface area contributed by atoms with Gasteiger partial charge in [0.05, 0.1) is 4.90 Å². The van der Waals surface area contributed by atoms with Crippen LogP contribution in [0.25, 0.3) is 6.08 Å². The number of nitrogens with zero attached hydrogens (tertiary/aromatic N) is 1. The molecular formula is C19H19NO3S. The summed E-state index contributed by atoms with van der Waals surface area (Å²) >= 11 is 0. The third-order valence-corrected chi connectivity index (χ3v) is 5.19. The van der Waals surface area contributed by atoms with Crippen LogP contribution in [-0.4, -0.2) is 27.1 Å². The zero-order chi connectivity index (χ0) is 17.2. The van der Waals surface area contributed by atoms with Gasteiger partial charge in [-0.3, -0.25) is 4.79 Å². The summed E-state index contributed by atoms with van der Waals surface area (Å²) < 4.78 is 23.4. The minimum Gasteiger partial charge on any atom is -0.309 e. The molecule has 0 N–H and O–H groups in total. The number of benzene rings is 2. The molecule has 2 aromatic carbocycles. The van der Waals surface area contributed by atoms with E-state index in [1.807, 2.05) is 30.3 Å². The standard InChI is InChI=1S/C19H19NO3S/c1-24(22,23)17-10-11-18-16(14-17)8-5-13-20(18)19(21)12-9-15-6-3-2-4-7-15/h2-4,6-7,9-12,14H,5,8,13H2,1H3/b12-9+. The Morgan fingerprint density at radius 1 is 1.12 bits per heavy atom. The minimum absolute atomic E-state index is 0.0908. The van der Waals surface area contributed by atoms with Crippen LogP contribution in [0.1, 0.15) is 17.5 Å². The summed E-state index contributed by atoms with van der Waals surface area (Å²) in [5, 5.41) is 0. The number of fused-ring (bicyclic) bond motifs is 1.